The van der Waals surface area contributed by atoms with Crippen LogP contribution in [0.15, 0.2) is 18.2 Å². The molecule has 0 aliphatic rings. The molecular formula is C8H10FNO2. The molecule has 0 bridgehead atoms. The monoisotopic (exact) mass is 171 g/mol. The van der Waals surface area contributed by atoms with Crippen LogP contribution in [0, 0.1) is 5.82 Å². The first kappa shape index (κ1) is 8.96. The zero-order valence-corrected chi connectivity index (χ0v) is 6.67. The summed E-state index contributed by atoms with van der Waals surface area (Å²) in [6.45, 7) is 0.0725. The lowest BCUT2D eigenvalue weighted by atomic mass is 10.2. The van der Waals surface area contributed by atoms with Crippen molar-refractivity contribution in [2.45, 2.75) is 6.54 Å². The molecule has 1 aromatic rings. The summed E-state index contributed by atoms with van der Waals surface area (Å²) in [4.78, 5) is 0. The molecule has 0 aromatic heterocycles. The SMILES string of the molecule is COc1cccc(CNO)c1F. The van der Waals surface area contributed by atoms with Gasteiger partial charge >= 0.3 is 0 Å². The molecule has 3 nitrogen and oxygen atoms in total. The van der Waals surface area contributed by atoms with Gasteiger partial charge in [-0.25, -0.2) is 9.87 Å². The average Bonchev–Trinajstić information content (AvgIpc) is 2.09. The molecule has 4 heteroatoms. The van der Waals surface area contributed by atoms with Gasteiger partial charge in [0.2, 0.25) is 0 Å². The fourth-order valence-corrected chi connectivity index (χ4v) is 0.936. The van der Waals surface area contributed by atoms with Crippen LogP contribution in [-0.4, -0.2) is 12.3 Å². The van der Waals surface area contributed by atoms with Gasteiger partial charge < -0.3 is 9.94 Å². The van der Waals surface area contributed by atoms with E-state index >= 15 is 0 Å². The van der Waals surface area contributed by atoms with Crippen molar-refractivity contribution in [2.75, 3.05) is 7.11 Å². The van der Waals surface area contributed by atoms with Crippen LogP contribution in [0.5, 0.6) is 5.75 Å². The number of hydrogen-bond acceptors (Lipinski definition) is 3. The Morgan fingerprint density at radius 1 is 1.58 bits per heavy atom. The summed E-state index contributed by atoms with van der Waals surface area (Å²) in [6, 6.07) is 4.76. The Labute approximate surface area is 69.7 Å². The number of ether oxygens (including phenoxy) is 1. The molecule has 0 radical (unpaired) electrons. The maximum atomic E-state index is 13.2. The molecule has 0 spiro atoms. The number of nitrogens with one attached hydrogen (secondary N) is 1. The fourth-order valence-electron chi connectivity index (χ4n) is 0.936. The lowest BCUT2D eigenvalue weighted by Crippen LogP contribution is -2.08. The molecule has 0 saturated carbocycles. The van der Waals surface area contributed by atoms with Crippen LogP contribution in [0.2, 0.25) is 0 Å². The second-order valence-electron chi connectivity index (χ2n) is 2.27. The van der Waals surface area contributed by atoms with E-state index in [9.17, 15) is 4.39 Å². The molecule has 0 amide bonds. The standard InChI is InChI=1S/C8H10FNO2/c1-12-7-4-2-3-6(5-10-11)8(7)9/h2-4,10-11H,5H2,1H3. The second kappa shape index (κ2) is 4.04. The number of methoxy groups -OCH3 is 1. The second-order valence-corrected chi connectivity index (χ2v) is 2.27. The Morgan fingerprint density at radius 2 is 2.33 bits per heavy atom. The van der Waals surface area contributed by atoms with E-state index < -0.39 is 5.82 Å². The Morgan fingerprint density at radius 3 is 2.92 bits per heavy atom. The van der Waals surface area contributed by atoms with Crippen LogP contribution in [0.1, 0.15) is 5.56 Å². The van der Waals surface area contributed by atoms with Crippen molar-refractivity contribution in [1.82, 2.24) is 5.48 Å². The molecule has 0 fully saturated rings. The van der Waals surface area contributed by atoms with E-state index in [0.29, 0.717) is 5.56 Å². The van der Waals surface area contributed by atoms with Crippen LogP contribution in [-0.2, 0) is 6.54 Å². The number of hydroxylamine groups is 1. The summed E-state index contributed by atoms with van der Waals surface area (Å²) >= 11 is 0. The van der Waals surface area contributed by atoms with Gasteiger partial charge in [-0.2, -0.15) is 0 Å². The highest BCUT2D eigenvalue weighted by Crippen LogP contribution is 2.19. The van der Waals surface area contributed by atoms with Crippen LogP contribution in [0.25, 0.3) is 0 Å². The normalized spacial score (nSPS) is 9.92. The molecular weight excluding hydrogens is 161 g/mol. The third-order valence-corrected chi connectivity index (χ3v) is 1.53. The van der Waals surface area contributed by atoms with Gasteiger partial charge in [-0.05, 0) is 6.07 Å². The number of rotatable bonds is 3. The maximum absolute atomic E-state index is 13.2. The maximum Gasteiger partial charge on any atom is 0.169 e. The van der Waals surface area contributed by atoms with Crippen molar-refractivity contribution in [3.8, 4) is 5.75 Å². The fraction of sp³-hybridized carbons (Fsp3) is 0.250. The highest BCUT2D eigenvalue weighted by Gasteiger charge is 2.06. The van der Waals surface area contributed by atoms with Gasteiger partial charge in [-0.15, -0.1) is 0 Å². The summed E-state index contributed by atoms with van der Waals surface area (Å²) in [5, 5.41) is 8.35. The van der Waals surface area contributed by atoms with Crippen molar-refractivity contribution in [1.29, 1.82) is 0 Å². The molecule has 0 aliphatic carbocycles. The van der Waals surface area contributed by atoms with E-state index in [1.165, 1.54) is 13.2 Å². The summed E-state index contributed by atoms with van der Waals surface area (Å²) in [5.41, 5.74) is 2.25. The van der Waals surface area contributed by atoms with Crippen molar-refractivity contribution >= 4 is 0 Å². The highest BCUT2D eigenvalue weighted by molar-refractivity contribution is 5.30. The van der Waals surface area contributed by atoms with E-state index in [4.69, 9.17) is 9.94 Å². The van der Waals surface area contributed by atoms with Crippen LogP contribution in [0.4, 0.5) is 4.39 Å². The molecule has 0 atom stereocenters. The highest BCUT2D eigenvalue weighted by atomic mass is 19.1. The summed E-state index contributed by atoms with van der Waals surface area (Å²) < 4.78 is 17.9. The molecule has 0 saturated heterocycles. The predicted octanol–water partition coefficient (Wildman–Crippen LogP) is 1.31. The van der Waals surface area contributed by atoms with E-state index in [2.05, 4.69) is 0 Å². The molecule has 0 unspecified atom stereocenters. The minimum absolute atomic E-state index is 0.0725. The molecule has 12 heavy (non-hydrogen) atoms. The van der Waals surface area contributed by atoms with Gasteiger partial charge in [0, 0.05) is 12.1 Å². The van der Waals surface area contributed by atoms with Gasteiger partial charge in [-0.1, -0.05) is 12.1 Å². The number of benzene rings is 1. The lowest BCUT2D eigenvalue weighted by molar-refractivity contribution is 0.159. The van der Waals surface area contributed by atoms with Crippen molar-refractivity contribution < 1.29 is 14.3 Å². The van der Waals surface area contributed by atoms with Crippen LogP contribution >= 0.6 is 0 Å². The lowest BCUT2D eigenvalue weighted by Gasteiger charge is -2.05. The molecule has 0 aliphatic heterocycles. The van der Waals surface area contributed by atoms with Crippen molar-refractivity contribution in [3.05, 3.63) is 29.6 Å². The Balaban J connectivity index is 2.97. The number of halogens is 1. The summed E-state index contributed by atoms with van der Waals surface area (Å²) in [5.74, 6) is -0.260. The van der Waals surface area contributed by atoms with Crippen molar-refractivity contribution in [3.63, 3.8) is 0 Å². The summed E-state index contributed by atoms with van der Waals surface area (Å²) in [7, 11) is 1.40. The minimum Gasteiger partial charge on any atom is -0.494 e. The van der Waals surface area contributed by atoms with E-state index in [0.717, 1.165) is 0 Å². The first-order valence-corrected chi connectivity index (χ1v) is 3.48. The van der Waals surface area contributed by atoms with Gasteiger partial charge in [0.15, 0.2) is 11.6 Å². The third kappa shape index (κ3) is 1.72. The summed E-state index contributed by atoms with van der Waals surface area (Å²) in [6.07, 6.45) is 0. The Bertz CT molecular complexity index is 265. The minimum atomic E-state index is -0.443. The molecule has 66 valence electrons. The first-order valence-electron chi connectivity index (χ1n) is 3.48. The topological polar surface area (TPSA) is 41.5 Å². The van der Waals surface area contributed by atoms with Gasteiger partial charge in [0.05, 0.1) is 7.11 Å². The molecule has 1 rings (SSSR count). The number of hydrogen-bond donors (Lipinski definition) is 2. The Hall–Kier alpha value is -1.13. The van der Waals surface area contributed by atoms with E-state index in [1.807, 2.05) is 5.48 Å². The first-order chi connectivity index (χ1) is 5.79. The largest absolute Gasteiger partial charge is 0.494 e. The van der Waals surface area contributed by atoms with Gasteiger partial charge in [0.25, 0.3) is 0 Å². The third-order valence-electron chi connectivity index (χ3n) is 1.53. The Kier molecular flexibility index (Phi) is 3.01. The molecule has 0 heterocycles. The van der Waals surface area contributed by atoms with Gasteiger partial charge in [0.1, 0.15) is 0 Å². The van der Waals surface area contributed by atoms with Crippen LogP contribution < -0.4 is 10.2 Å². The van der Waals surface area contributed by atoms with E-state index in [-0.39, 0.29) is 12.3 Å². The molecule has 1 aromatic carbocycles. The zero-order chi connectivity index (χ0) is 8.97. The average molecular weight is 171 g/mol. The van der Waals surface area contributed by atoms with E-state index in [1.54, 1.807) is 12.1 Å². The molecule has 2 N–H and O–H groups in total. The van der Waals surface area contributed by atoms with Crippen LogP contribution in [0.3, 0.4) is 0 Å². The predicted molar refractivity (Wildman–Crippen MR) is 41.6 cm³/mol. The van der Waals surface area contributed by atoms with Gasteiger partial charge in [-0.3, -0.25) is 0 Å². The smallest absolute Gasteiger partial charge is 0.169 e. The quantitative estimate of drug-likeness (QED) is 0.674. The zero-order valence-electron chi connectivity index (χ0n) is 6.67. The van der Waals surface area contributed by atoms with Crippen molar-refractivity contribution in [2.24, 2.45) is 0 Å².